The maximum absolute atomic E-state index is 12.6. The van der Waals surface area contributed by atoms with Crippen molar-refractivity contribution in [3.63, 3.8) is 0 Å². The number of hydrogen-bond acceptors (Lipinski definition) is 6. The maximum Gasteiger partial charge on any atom is 0.328 e. The Morgan fingerprint density at radius 2 is 1.80 bits per heavy atom. The number of carboxylic acids is 1. The summed E-state index contributed by atoms with van der Waals surface area (Å²) in [6.45, 7) is 0.212. The molecular formula is C14H15N3O7S. The molecule has 0 aliphatic carbocycles. The minimum Gasteiger partial charge on any atom is -0.478 e. The van der Waals surface area contributed by atoms with Gasteiger partial charge in [0, 0.05) is 50.5 Å². The zero-order chi connectivity index (χ0) is 18.6. The summed E-state index contributed by atoms with van der Waals surface area (Å²) in [5, 5.41) is 19.3. The van der Waals surface area contributed by atoms with Crippen LogP contribution >= 0.6 is 0 Å². The van der Waals surface area contributed by atoms with Gasteiger partial charge in [-0.1, -0.05) is 6.07 Å². The predicted octanol–water partition coefficient (Wildman–Crippen LogP) is 0.0685. The van der Waals surface area contributed by atoms with Gasteiger partial charge in [0.15, 0.2) is 0 Å². The van der Waals surface area contributed by atoms with Crippen LogP contribution in [-0.2, 0) is 19.6 Å². The smallest absolute Gasteiger partial charge is 0.328 e. The summed E-state index contributed by atoms with van der Waals surface area (Å²) in [5.41, 5.74) is -0.325. The molecule has 0 bridgehead atoms. The van der Waals surface area contributed by atoms with Gasteiger partial charge in [-0.25, -0.2) is 13.2 Å². The van der Waals surface area contributed by atoms with Crippen molar-refractivity contribution in [2.45, 2.75) is 4.90 Å². The van der Waals surface area contributed by atoms with Crippen molar-refractivity contribution in [2.24, 2.45) is 0 Å². The number of carbonyl (C=O) groups excluding carboxylic acids is 1. The minimum absolute atomic E-state index is 0.0116. The molecule has 1 N–H and O–H groups in total. The number of piperazine rings is 1. The Kier molecular flexibility index (Phi) is 5.49. The molecule has 11 heteroatoms. The number of benzene rings is 1. The molecule has 0 unspecified atom stereocenters. The second-order valence-corrected chi connectivity index (χ2v) is 7.09. The maximum atomic E-state index is 12.6. The van der Waals surface area contributed by atoms with Gasteiger partial charge < -0.3 is 10.0 Å². The third-order valence-electron chi connectivity index (χ3n) is 3.59. The Morgan fingerprint density at radius 3 is 2.36 bits per heavy atom. The third kappa shape index (κ3) is 4.39. The van der Waals surface area contributed by atoms with Crippen molar-refractivity contribution >= 4 is 27.6 Å². The van der Waals surface area contributed by atoms with Crippen LogP contribution < -0.4 is 0 Å². The summed E-state index contributed by atoms with van der Waals surface area (Å²) in [6.07, 6.45) is 1.63. The topological polar surface area (TPSA) is 138 Å². The van der Waals surface area contributed by atoms with Gasteiger partial charge in [-0.2, -0.15) is 4.31 Å². The van der Waals surface area contributed by atoms with Crippen molar-refractivity contribution < 1.29 is 28.0 Å². The van der Waals surface area contributed by atoms with Crippen LogP contribution in [0.5, 0.6) is 0 Å². The lowest BCUT2D eigenvalue weighted by atomic mass is 10.3. The van der Waals surface area contributed by atoms with Crippen molar-refractivity contribution in [1.82, 2.24) is 9.21 Å². The van der Waals surface area contributed by atoms with E-state index in [1.807, 2.05) is 0 Å². The number of carboxylic acid groups (broad SMARTS) is 1. The summed E-state index contributed by atoms with van der Waals surface area (Å²) >= 11 is 0. The first kappa shape index (κ1) is 18.5. The fraction of sp³-hybridized carbons (Fsp3) is 0.286. The van der Waals surface area contributed by atoms with Gasteiger partial charge in [-0.15, -0.1) is 0 Å². The Balaban J connectivity index is 2.09. The monoisotopic (exact) mass is 369 g/mol. The summed E-state index contributed by atoms with van der Waals surface area (Å²) < 4.78 is 26.3. The number of nitrogens with zero attached hydrogens (tertiary/aromatic N) is 3. The van der Waals surface area contributed by atoms with Gasteiger partial charge in [0.2, 0.25) is 15.9 Å². The molecule has 10 nitrogen and oxygen atoms in total. The molecule has 1 heterocycles. The van der Waals surface area contributed by atoms with Crippen molar-refractivity contribution in [2.75, 3.05) is 26.2 Å². The van der Waals surface area contributed by atoms with Crippen molar-refractivity contribution in [3.05, 3.63) is 46.5 Å². The lowest BCUT2D eigenvalue weighted by Crippen LogP contribution is -2.50. The highest BCUT2D eigenvalue weighted by molar-refractivity contribution is 7.89. The van der Waals surface area contributed by atoms with Crippen molar-refractivity contribution in [3.8, 4) is 0 Å². The molecule has 134 valence electrons. The van der Waals surface area contributed by atoms with Crippen LogP contribution in [0.3, 0.4) is 0 Å². The van der Waals surface area contributed by atoms with Crippen LogP contribution in [0.2, 0.25) is 0 Å². The molecule has 0 atom stereocenters. The molecule has 1 amide bonds. The van der Waals surface area contributed by atoms with Crippen LogP contribution in [0.1, 0.15) is 0 Å². The molecule has 2 rings (SSSR count). The SMILES string of the molecule is O=C(O)/C=C/C(=O)N1CCN(S(=O)(=O)c2cccc([N+](=O)[O-])c2)CC1. The molecular weight excluding hydrogens is 354 g/mol. The van der Waals surface area contributed by atoms with Crippen LogP contribution in [0.4, 0.5) is 5.69 Å². The average molecular weight is 369 g/mol. The summed E-state index contributed by atoms with van der Waals surface area (Å²) in [6, 6.07) is 4.75. The second-order valence-electron chi connectivity index (χ2n) is 5.16. The van der Waals surface area contributed by atoms with E-state index in [1.165, 1.54) is 23.1 Å². The van der Waals surface area contributed by atoms with E-state index in [0.717, 1.165) is 16.4 Å². The normalized spacial score (nSPS) is 16.1. The molecule has 0 saturated carbocycles. The molecule has 0 radical (unpaired) electrons. The molecule has 0 aromatic heterocycles. The Labute approximate surface area is 143 Å². The van der Waals surface area contributed by atoms with Crippen LogP contribution in [0, 0.1) is 10.1 Å². The molecule has 0 spiro atoms. The zero-order valence-electron chi connectivity index (χ0n) is 12.9. The Morgan fingerprint density at radius 1 is 1.16 bits per heavy atom. The highest BCUT2D eigenvalue weighted by Crippen LogP contribution is 2.22. The van der Waals surface area contributed by atoms with Crippen LogP contribution in [0.25, 0.3) is 0 Å². The zero-order valence-corrected chi connectivity index (χ0v) is 13.8. The quantitative estimate of drug-likeness (QED) is 0.440. The molecule has 1 aromatic carbocycles. The Hall–Kier alpha value is -2.79. The van der Waals surface area contributed by atoms with E-state index in [2.05, 4.69) is 0 Å². The summed E-state index contributed by atoms with van der Waals surface area (Å²) in [5.74, 6) is -1.77. The number of rotatable bonds is 5. The van der Waals surface area contributed by atoms with E-state index < -0.39 is 26.8 Å². The molecule has 1 saturated heterocycles. The van der Waals surface area contributed by atoms with Crippen molar-refractivity contribution in [1.29, 1.82) is 0 Å². The number of aliphatic carboxylic acids is 1. The average Bonchev–Trinajstić information content (AvgIpc) is 2.59. The first-order valence-electron chi connectivity index (χ1n) is 7.16. The number of nitro groups is 1. The number of amides is 1. The predicted molar refractivity (Wildman–Crippen MR) is 85.2 cm³/mol. The minimum atomic E-state index is -3.91. The van der Waals surface area contributed by atoms with Crippen LogP contribution in [0.15, 0.2) is 41.3 Å². The van der Waals surface area contributed by atoms with E-state index in [-0.39, 0.29) is 36.8 Å². The molecule has 1 aliphatic rings. The lowest BCUT2D eigenvalue weighted by Gasteiger charge is -2.33. The first-order valence-corrected chi connectivity index (χ1v) is 8.60. The highest BCUT2D eigenvalue weighted by Gasteiger charge is 2.30. The molecule has 25 heavy (non-hydrogen) atoms. The highest BCUT2D eigenvalue weighted by atomic mass is 32.2. The fourth-order valence-corrected chi connectivity index (χ4v) is 3.77. The third-order valence-corrected chi connectivity index (χ3v) is 5.48. The largest absolute Gasteiger partial charge is 0.478 e. The Bertz CT molecular complexity index is 827. The summed E-state index contributed by atoms with van der Waals surface area (Å²) in [7, 11) is -3.91. The van der Waals surface area contributed by atoms with E-state index >= 15 is 0 Å². The fourth-order valence-electron chi connectivity index (χ4n) is 2.30. The van der Waals surface area contributed by atoms with Gasteiger partial charge >= 0.3 is 5.97 Å². The van der Waals surface area contributed by atoms with Crippen LogP contribution in [-0.4, -0.2) is 65.7 Å². The molecule has 1 aromatic rings. The van der Waals surface area contributed by atoms with Gasteiger partial charge in [0.05, 0.1) is 9.82 Å². The standard InChI is InChI=1S/C14H15N3O7S/c18-13(4-5-14(19)20)15-6-8-16(9-7-15)25(23,24)12-3-1-2-11(10-12)17(21)22/h1-5,10H,6-9H2,(H,19,20)/b5-4+. The van der Waals surface area contributed by atoms with E-state index in [9.17, 15) is 28.1 Å². The van der Waals surface area contributed by atoms with E-state index in [1.54, 1.807) is 0 Å². The van der Waals surface area contributed by atoms with Gasteiger partial charge in [0.1, 0.15) is 0 Å². The van der Waals surface area contributed by atoms with Gasteiger partial charge in [-0.05, 0) is 6.07 Å². The first-order chi connectivity index (χ1) is 11.7. The number of hydrogen-bond donors (Lipinski definition) is 1. The summed E-state index contributed by atoms with van der Waals surface area (Å²) in [4.78, 5) is 33.4. The second kappa shape index (κ2) is 7.40. The van der Waals surface area contributed by atoms with Gasteiger partial charge in [-0.3, -0.25) is 14.9 Å². The number of sulfonamides is 1. The molecule has 1 aliphatic heterocycles. The lowest BCUT2D eigenvalue weighted by molar-refractivity contribution is -0.385. The van der Waals surface area contributed by atoms with Gasteiger partial charge in [0.25, 0.3) is 5.69 Å². The molecule has 1 fully saturated rings. The van der Waals surface area contributed by atoms with E-state index in [4.69, 9.17) is 5.11 Å². The number of non-ortho nitro benzene ring substituents is 1. The number of nitro benzene ring substituents is 1. The van der Waals surface area contributed by atoms with E-state index in [0.29, 0.717) is 6.08 Å². The number of carbonyl (C=O) groups is 2.